The van der Waals surface area contributed by atoms with E-state index in [4.69, 9.17) is 5.73 Å². The van der Waals surface area contributed by atoms with Crippen LogP contribution in [-0.2, 0) is 4.79 Å². The van der Waals surface area contributed by atoms with Crippen molar-refractivity contribution in [1.29, 1.82) is 0 Å². The van der Waals surface area contributed by atoms with Gasteiger partial charge in [-0.1, -0.05) is 0 Å². The second-order valence-electron chi connectivity index (χ2n) is 4.81. The van der Waals surface area contributed by atoms with E-state index in [-0.39, 0.29) is 5.91 Å². The number of benzene rings is 1. The Morgan fingerprint density at radius 2 is 1.84 bits per heavy atom. The summed E-state index contributed by atoms with van der Waals surface area (Å²) in [6.45, 7) is 1.35. The lowest BCUT2D eigenvalue weighted by atomic mass is 10.2. The highest BCUT2D eigenvalue weighted by molar-refractivity contribution is 5.90. The minimum absolute atomic E-state index is 0.0966. The first-order valence-electron chi connectivity index (χ1n) is 6.28. The molecule has 104 valence electrons. The van der Waals surface area contributed by atoms with Crippen LogP contribution in [-0.4, -0.2) is 52.9 Å². The predicted octanol–water partition coefficient (Wildman–Crippen LogP) is -0.365. The van der Waals surface area contributed by atoms with Crippen LogP contribution in [0.5, 0.6) is 0 Å². The van der Waals surface area contributed by atoms with Crippen LogP contribution in [0.25, 0.3) is 0 Å². The number of nitrogens with zero attached hydrogens (tertiary/aromatic N) is 1. The molecule has 2 rings (SSSR count). The number of hydrogen-bond donors (Lipinski definition) is 4. The largest absolute Gasteiger partial charge is 0.399 e. The number of hydrogen-bond acceptors (Lipinski definition) is 5. The second-order valence-corrected chi connectivity index (χ2v) is 4.81. The third-order valence-electron chi connectivity index (χ3n) is 3.18. The molecule has 1 aromatic rings. The molecule has 19 heavy (non-hydrogen) atoms. The van der Waals surface area contributed by atoms with Gasteiger partial charge in [0.2, 0.25) is 5.91 Å². The third kappa shape index (κ3) is 3.92. The van der Waals surface area contributed by atoms with E-state index in [0.717, 1.165) is 0 Å². The fourth-order valence-corrected chi connectivity index (χ4v) is 2.08. The van der Waals surface area contributed by atoms with Gasteiger partial charge in [-0.2, -0.15) is 0 Å². The smallest absolute Gasteiger partial charge is 0.225 e. The van der Waals surface area contributed by atoms with Crippen molar-refractivity contribution in [3.8, 4) is 0 Å². The van der Waals surface area contributed by atoms with Gasteiger partial charge in [0.15, 0.2) is 0 Å². The highest BCUT2D eigenvalue weighted by atomic mass is 16.3. The Morgan fingerprint density at radius 1 is 1.26 bits per heavy atom. The molecule has 0 aromatic heterocycles. The lowest BCUT2D eigenvalue weighted by molar-refractivity contribution is -0.116. The zero-order chi connectivity index (χ0) is 13.8. The summed E-state index contributed by atoms with van der Waals surface area (Å²) in [6, 6.07) is 6.94. The highest BCUT2D eigenvalue weighted by Gasteiger charge is 2.29. The Bertz CT molecular complexity index is 425. The van der Waals surface area contributed by atoms with Crippen molar-refractivity contribution in [3.63, 3.8) is 0 Å². The Labute approximate surface area is 111 Å². The molecule has 5 N–H and O–H groups in total. The summed E-state index contributed by atoms with van der Waals surface area (Å²) < 4.78 is 0. The van der Waals surface area contributed by atoms with Gasteiger partial charge in [-0.25, -0.2) is 0 Å². The summed E-state index contributed by atoms with van der Waals surface area (Å²) in [7, 11) is 0. The Morgan fingerprint density at radius 3 is 2.42 bits per heavy atom. The summed E-state index contributed by atoms with van der Waals surface area (Å²) in [6.07, 6.45) is -1.09. The number of anilines is 2. The van der Waals surface area contributed by atoms with E-state index < -0.39 is 12.2 Å². The van der Waals surface area contributed by atoms with E-state index in [1.807, 2.05) is 4.90 Å². The first-order valence-corrected chi connectivity index (χ1v) is 6.28. The quantitative estimate of drug-likeness (QED) is 0.557. The van der Waals surface area contributed by atoms with Gasteiger partial charge in [0.25, 0.3) is 0 Å². The maximum Gasteiger partial charge on any atom is 0.225 e. The van der Waals surface area contributed by atoms with E-state index in [9.17, 15) is 15.0 Å². The molecular formula is C13H19N3O3. The number of aliphatic hydroxyl groups is 2. The van der Waals surface area contributed by atoms with E-state index >= 15 is 0 Å². The Hall–Kier alpha value is -1.63. The van der Waals surface area contributed by atoms with Gasteiger partial charge in [-0.3, -0.25) is 9.69 Å². The van der Waals surface area contributed by atoms with Gasteiger partial charge in [0.05, 0.1) is 12.2 Å². The van der Waals surface area contributed by atoms with Crippen molar-refractivity contribution < 1.29 is 15.0 Å². The maximum atomic E-state index is 11.7. The summed E-state index contributed by atoms with van der Waals surface area (Å²) >= 11 is 0. The number of carbonyl (C=O) groups is 1. The molecule has 1 saturated heterocycles. The normalized spacial score (nSPS) is 23.5. The van der Waals surface area contributed by atoms with E-state index in [2.05, 4.69) is 5.32 Å². The average Bonchev–Trinajstić information content (AvgIpc) is 2.69. The Balaban J connectivity index is 1.74. The Kier molecular flexibility index (Phi) is 4.36. The molecule has 6 nitrogen and oxygen atoms in total. The molecule has 0 bridgehead atoms. The van der Waals surface area contributed by atoms with E-state index in [0.29, 0.717) is 37.4 Å². The van der Waals surface area contributed by atoms with E-state index in [1.165, 1.54) is 0 Å². The maximum absolute atomic E-state index is 11.7. The fourth-order valence-electron chi connectivity index (χ4n) is 2.08. The zero-order valence-electron chi connectivity index (χ0n) is 10.6. The molecule has 1 aliphatic rings. The lowest BCUT2D eigenvalue weighted by Crippen LogP contribution is -2.26. The van der Waals surface area contributed by atoms with Crippen molar-refractivity contribution >= 4 is 17.3 Å². The molecule has 0 spiro atoms. The van der Waals surface area contributed by atoms with Gasteiger partial charge >= 0.3 is 0 Å². The van der Waals surface area contributed by atoms with Gasteiger partial charge in [0.1, 0.15) is 0 Å². The molecular weight excluding hydrogens is 246 g/mol. The summed E-state index contributed by atoms with van der Waals surface area (Å²) in [5.74, 6) is -0.0966. The molecule has 1 aliphatic heterocycles. The van der Waals surface area contributed by atoms with Crippen molar-refractivity contribution in [2.75, 3.05) is 30.7 Å². The number of rotatable bonds is 4. The van der Waals surface area contributed by atoms with Crippen LogP contribution >= 0.6 is 0 Å². The number of nitrogens with one attached hydrogen (secondary N) is 1. The van der Waals surface area contributed by atoms with Crippen LogP contribution < -0.4 is 11.1 Å². The van der Waals surface area contributed by atoms with Crippen LogP contribution in [0.2, 0.25) is 0 Å². The minimum atomic E-state index is -0.708. The second kappa shape index (κ2) is 6.01. The topological polar surface area (TPSA) is 98.8 Å². The van der Waals surface area contributed by atoms with Crippen LogP contribution in [0.1, 0.15) is 6.42 Å². The molecule has 1 heterocycles. The molecule has 2 atom stereocenters. The summed E-state index contributed by atoms with van der Waals surface area (Å²) in [5, 5.41) is 21.6. The molecule has 6 heteroatoms. The number of likely N-dealkylation sites (tertiary alicyclic amines) is 1. The van der Waals surface area contributed by atoms with Gasteiger partial charge in [0, 0.05) is 37.4 Å². The highest BCUT2D eigenvalue weighted by Crippen LogP contribution is 2.12. The number of nitrogens with two attached hydrogens (primary N) is 1. The predicted molar refractivity (Wildman–Crippen MR) is 72.6 cm³/mol. The molecule has 1 aromatic carbocycles. The third-order valence-corrected chi connectivity index (χ3v) is 3.18. The van der Waals surface area contributed by atoms with Crippen LogP contribution in [0.3, 0.4) is 0 Å². The van der Waals surface area contributed by atoms with Crippen LogP contribution in [0, 0.1) is 0 Å². The first kappa shape index (κ1) is 13.8. The van der Waals surface area contributed by atoms with Gasteiger partial charge in [-0.05, 0) is 24.3 Å². The minimum Gasteiger partial charge on any atom is -0.399 e. The molecule has 0 saturated carbocycles. The molecule has 1 amide bonds. The average molecular weight is 265 g/mol. The van der Waals surface area contributed by atoms with Gasteiger partial charge in [-0.15, -0.1) is 0 Å². The molecule has 0 aliphatic carbocycles. The number of amides is 1. The number of β-amino-alcohol motifs (C(OH)–C–C–N with tert-alkyl or cyclic N) is 2. The van der Waals surface area contributed by atoms with Crippen LogP contribution in [0.4, 0.5) is 11.4 Å². The number of aliphatic hydroxyl groups excluding tert-OH is 2. The summed E-state index contributed by atoms with van der Waals surface area (Å²) in [5.41, 5.74) is 6.92. The molecule has 0 radical (unpaired) electrons. The van der Waals surface area contributed by atoms with Crippen molar-refractivity contribution in [2.45, 2.75) is 18.6 Å². The van der Waals surface area contributed by atoms with E-state index in [1.54, 1.807) is 24.3 Å². The van der Waals surface area contributed by atoms with Crippen LogP contribution in [0.15, 0.2) is 24.3 Å². The fraction of sp³-hybridized carbons (Fsp3) is 0.462. The number of carbonyl (C=O) groups excluding carboxylic acids is 1. The monoisotopic (exact) mass is 265 g/mol. The van der Waals surface area contributed by atoms with Gasteiger partial charge < -0.3 is 21.3 Å². The van der Waals surface area contributed by atoms with Crippen molar-refractivity contribution in [3.05, 3.63) is 24.3 Å². The SMILES string of the molecule is Nc1ccc(NC(=O)CCN2CC(O)C(O)C2)cc1. The summed E-state index contributed by atoms with van der Waals surface area (Å²) in [4.78, 5) is 13.6. The molecule has 2 unspecified atom stereocenters. The van der Waals surface area contributed by atoms with Crippen molar-refractivity contribution in [2.24, 2.45) is 0 Å². The zero-order valence-corrected chi connectivity index (χ0v) is 10.6. The first-order chi connectivity index (χ1) is 9.04. The standard InChI is InChI=1S/C13H19N3O3/c14-9-1-3-10(4-2-9)15-13(19)5-6-16-7-11(17)12(18)8-16/h1-4,11-12,17-18H,5-8,14H2,(H,15,19). The van der Waals surface area contributed by atoms with Crippen molar-refractivity contribution in [1.82, 2.24) is 4.90 Å². The lowest BCUT2D eigenvalue weighted by Gasteiger charge is -2.14. The number of nitrogen functional groups attached to an aromatic ring is 1. The molecule has 1 fully saturated rings.